The number of carbonyl (C=O) groups excluding carboxylic acids is 2. The van der Waals surface area contributed by atoms with Crippen molar-refractivity contribution in [3.63, 3.8) is 0 Å². The number of imide groups is 1. The minimum absolute atomic E-state index is 0.0798. The lowest BCUT2D eigenvalue weighted by Crippen LogP contribution is -2.40. The highest BCUT2D eigenvalue weighted by atomic mass is 19.3. The summed E-state index contributed by atoms with van der Waals surface area (Å²) in [5.41, 5.74) is -0.507. The Morgan fingerprint density at radius 3 is 2.34 bits per heavy atom. The molecule has 0 bridgehead atoms. The van der Waals surface area contributed by atoms with Gasteiger partial charge in [0.1, 0.15) is 11.3 Å². The Labute approximate surface area is 163 Å². The number of carbonyl (C=O) groups is 3. The van der Waals surface area contributed by atoms with Gasteiger partial charge in [-0.05, 0) is 42.3 Å². The van der Waals surface area contributed by atoms with Crippen LogP contribution in [0.3, 0.4) is 0 Å². The number of rotatable bonds is 6. The molecule has 3 rings (SSSR count). The summed E-state index contributed by atoms with van der Waals surface area (Å²) >= 11 is 0. The maximum absolute atomic E-state index is 12.8. The van der Waals surface area contributed by atoms with Gasteiger partial charge in [-0.2, -0.15) is 13.9 Å². The number of hydrogen-bond acceptors (Lipinski definition) is 5. The molecule has 1 aliphatic rings. The van der Waals surface area contributed by atoms with Crippen LogP contribution in [0.2, 0.25) is 0 Å². The zero-order chi connectivity index (χ0) is 21.2. The van der Waals surface area contributed by atoms with Gasteiger partial charge in [-0.15, -0.1) is 5.01 Å². The predicted molar refractivity (Wildman–Crippen MR) is 96.8 cm³/mol. The highest BCUT2D eigenvalue weighted by Crippen LogP contribution is 2.30. The number of urea groups is 1. The molecule has 0 unspecified atom stereocenters. The van der Waals surface area contributed by atoms with Crippen LogP contribution in [0.25, 0.3) is 0 Å². The second-order valence-corrected chi connectivity index (χ2v) is 6.25. The molecule has 0 saturated carbocycles. The molecule has 150 valence electrons. The zero-order valence-corrected chi connectivity index (χ0v) is 15.0. The molecule has 1 heterocycles. The summed E-state index contributed by atoms with van der Waals surface area (Å²) in [6.45, 7) is -1.51. The van der Waals surface area contributed by atoms with E-state index in [1.54, 1.807) is 0 Å². The molecule has 0 aliphatic carbocycles. The van der Waals surface area contributed by atoms with Crippen molar-refractivity contribution >= 4 is 24.1 Å². The average molecular weight is 403 g/mol. The van der Waals surface area contributed by atoms with Crippen molar-refractivity contribution in [2.24, 2.45) is 5.10 Å². The Balaban J connectivity index is 1.78. The first kappa shape index (κ1) is 19.9. The molecule has 10 heteroatoms. The van der Waals surface area contributed by atoms with Crippen LogP contribution in [0, 0.1) is 0 Å². The van der Waals surface area contributed by atoms with E-state index in [1.807, 2.05) is 0 Å². The number of nitrogens with one attached hydrogen (secondary N) is 1. The van der Waals surface area contributed by atoms with Crippen LogP contribution < -0.4 is 10.1 Å². The minimum Gasteiger partial charge on any atom is -0.478 e. The summed E-state index contributed by atoms with van der Waals surface area (Å²) in [4.78, 5) is 35.9. The van der Waals surface area contributed by atoms with E-state index in [0.29, 0.717) is 16.1 Å². The smallest absolute Gasteiger partial charge is 0.387 e. The van der Waals surface area contributed by atoms with Crippen molar-refractivity contribution in [2.75, 3.05) is 0 Å². The quantitative estimate of drug-likeness (QED) is 0.570. The van der Waals surface area contributed by atoms with Crippen molar-refractivity contribution < 1.29 is 33.0 Å². The summed E-state index contributed by atoms with van der Waals surface area (Å²) < 4.78 is 28.8. The molecule has 2 N–H and O–H groups in total. The second kappa shape index (κ2) is 7.66. The van der Waals surface area contributed by atoms with E-state index in [-0.39, 0.29) is 11.3 Å². The third-order valence-electron chi connectivity index (χ3n) is 4.31. The normalized spacial score (nSPS) is 19.1. The minimum atomic E-state index is -2.97. The standard InChI is InChI=1S/C19H15F2N3O5/c1-19(13-6-8-14(9-7-13)29-17(20)21)16(27)24(18(28)23-19)22-10-11-2-4-12(5-3-11)15(25)26/h2-10,17H,1H3,(H,23,28)(H,25,26)/b22-10-/t19-/m1/s1. The first-order valence-electron chi connectivity index (χ1n) is 8.30. The van der Waals surface area contributed by atoms with Crippen LogP contribution >= 0.6 is 0 Å². The van der Waals surface area contributed by atoms with Gasteiger partial charge in [-0.3, -0.25) is 4.79 Å². The van der Waals surface area contributed by atoms with Crippen molar-refractivity contribution in [2.45, 2.75) is 19.1 Å². The highest BCUT2D eigenvalue weighted by Gasteiger charge is 2.49. The van der Waals surface area contributed by atoms with Crippen molar-refractivity contribution in [3.8, 4) is 5.75 Å². The first-order valence-corrected chi connectivity index (χ1v) is 8.30. The van der Waals surface area contributed by atoms with E-state index in [2.05, 4.69) is 15.2 Å². The molecule has 0 spiro atoms. The largest absolute Gasteiger partial charge is 0.478 e. The SMILES string of the molecule is C[C@]1(c2ccc(OC(F)F)cc2)NC(=O)N(/N=C\c2ccc(C(=O)O)cc2)C1=O. The van der Waals surface area contributed by atoms with Crippen LogP contribution in [0.15, 0.2) is 53.6 Å². The van der Waals surface area contributed by atoms with Crippen LogP contribution in [0.5, 0.6) is 5.75 Å². The number of nitrogens with zero attached hydrogens (tertiary/aromatic N) is 2. The maximum Gasteiger partial charge on any atom is 0.387 e. The number of aromatic carboxylic acids is 1. The summed E-state index contributed by atoms with van der Waals surface area (Å²) in [6, 6.07) is 10.2. The van der Waals surface area contributed by atoms with Gasteiger partial charge < -0.3 is 15.2 Å². The Kier molecular flexibility index (Phi) is 5.26. The van der Waals surface area contributed by atoms with Gasteiger partial charge in [0, 0.05) is 0 Å². The topological polar surface area (TPSA) is 108 Å². The summed E-state index contributed by atoms with van der Waals surface area (Å²) in [6.07, 6.45) is 1.24. The van der Waals surface area contributed by atoms with Gasteiger partial charge in [0.05, 0.1) is 11.8 Å². The van der Waals surface area contributed by atoms with E-state index < -0.39 is 30.1 Å². The lowest BCUT2D eigenvalue weighted by Gasteiger charge is -2.21. The Morgan fingerprint density at radius 1 is 1.17 bits per heavy atom. The predicted octanol–water partition coefficient (Wildman–Crippen LogP) is 2.79. The van der Waals surface area contributed by atoms with Crippen molar-refractivity contribution in [1.82, 2.24) is 10.3 Å². The fraction of sp³-hybridized carbons (Fsp3) is 0.158. The number of benzene rings is 2. The van der Waals surface area contributed by atoms with Crippen LogP contribution in [0.1, 0.15) is 28.4 Å². The number of amides is 3. The lowest BCUT2D eigenvalue weighted by molar-refractivity contribution is -0.131. The molecule has 1 aliphatic heterocycles. The van der Waals surface area contributed by atoms with E-state index in [4.69, 9.17) is 5.11 Å². The number of alkyl halides is 2. The monoisotopic (exact) mass is 403 g/mol. The number of ether oxygens (including phenoxy) is 1. The van der Waals surface area contributed by atoms with Crippen LogP contribution in [0.4, 0.5) is 13.6 Å². The fourth-order valence-electron chi connectivity index (χ4n) is 2.73. The van der Waals surface area contributed by atoms with Crippen molar-refractivity contribution in [1.29, 1.82) is 0 Å². The van der Waals surface area contributed by atoms with Crippen LogP contribution in [-0.2, 0) is 10.3 Å². The molecule has 29 heavy (non-hydrogen) atoms. The Hall–Kier alpha value is -3.82. The van der Waals surface area contributed by atoms with E-state index in [1.165, 1.54) is 61.7 Å². The molecule has 2 aromatic carbocycles. The van der Waals surface area contributed by atoms with Gasteiger partial charge in [0.25, 0.3) is 5.91 Å². The number of hydrazone groups is 1. The molecule has 8 nitrogen and oxygen atoms in total. The Bertz CT molecular complexity index is 976. The summed E-state index contributed by atoms with van der Waals surface area (Å²) in [5, 5.41) is 15.9. The molecule has 1 atom stereocenters. The summed E-state index contributed by atoms with van der Waals surface area (Å²) in [5.74, 6) is -1.82. The second-order valence-electron chi connectivity index (χ2n) is 6.25. The third kappa shape index (κ3) is 4.05. The van der Waals surface area contributed by atoms with E-state index in [0.717, 1.165) is 0 Å². The van der Waals surface area contributed by atoms with Crippen LogP contribution in [-0.4, -0.2) is 40.8 Å². The molecule has 1 saturated heterocycles. The van der Waals surface area contributed by atoms with Gasteiger partial charge in [0.15, 0.2) is 0 Å². The van der Waals surface area contributed by atoms with E-state index in [9.17, 15) is 23.2 Å². The highest BCUT2D eigenvalue weighted by molar-refractivity contribution is 6.07. The zero-order valence-electron chi connectivity index (χ0n) is 15.0. The molecule has 0 radical (unpaired) electrons. The van der Waals surface area contributed by atoms with Gasteiger partial charge in [-0.1, -0.05) is 24.3 Å². The lowest BCUT2D eigenvalue weighted by atomic mass is 9.92. The Morgan fingerprint density at radius 2 is 1.79 bits per heavy atom. The number of carboxylic acid groups (broad SMARTS) is 1. The maximum atomic E-state index is 12.8. The molecule has 0 aromatic heterocycles. The number of hydrogen-bond donors (Lipinski definition) is 2. The average Bonchev–Trinajstić information content (AvgIpc) is 2.90. The summed E-state index contributed by atoms with van der Waals surface area (Å²) in [7, 11) is 0. The molecular formula is C19H15F2N3O5. The van der Waals surface area contributed by atoms with Gasteiger partial charge in [-0.25, -0.2) is 9.59 Å². The number of halogens is 2. The van der Waals surface area contributed by atoms with E-state index >= 15 is 0 Å². The molecule has 3 amide bonds. The fourth-order valence-corrected chi connectivity index (χ4v) is 2.73. The first-order chi connectivity index (χ1) is 13.7. The van der Waals surface area contributed by atoms with Gasteiger partial charge >= 0.3 is 18.6 Å². The van der Waals surface area contributed by atoms with Crippen molar-refractivity contribution in [3.05, 3.63) is 65.2 Å². The molecular weight excluding hydrogens is 388 g/mol. The van der Waals surface area contributed by atoms with Gasteiger partial charge in [0.2, 0.25) is 0 Å². The number of carboxylic acids is 1. The molecule has 1 fully saturated rings. The molecule has 2 aromatic rings. The third-order valence-corrected chi connectivity index (χ3v) is 4.31.